The highest BCUT2D eigenvalue weighted by molar-refractivity contribution is 7.89. The van der Waals surface area contributed by atoms with Crippen molar-refractivity contribution in [3.05, 3.63) is 85.2 Å². The molecule has 0 aliphatic rings. The van der Waals surface area contributed by atoms with E-state index in [9.17, 15) is 12.8 Å². The normalized spacial score (nSPS) is 11.7. The van der Waals surface area contributed by atoms with Crippen molar-refractivity contribution in [1.29, 1.82) is 0 Å². The molecule has 0 unspecified atom stereocenters. The molecule has 0 fully saturated rings. The monoisotopic (exact) mass is 461 g/mol. The molecule has 5 aromatic rings. The van der Waals surface area contributed by atoms with Crippen molar-refractivity contribution in [2.75, 3.05) is 19.0 Å². The Hall–Kier alpha value is -3.98. The standard InChI is InChI=1S/C24H20FN5O2S/c1-29(2)19-9-7-16(8-10-19)17-11-20-21(14-27-24(20)26-12-17)18-13-28-30(15-18)33(31,32)23-6-4-3-5-22(23)25/h3-15H,1-2H3,(H,26,27). The van der Waals surface area contributed by atoms with Crippen molar-refractivity contribution >= 4 is 26.7 Å². The van der Waals surface area contributed by atoms with Crippen LogP contribution in [0.5, 0.6) is 0 Å². The van der Waals surface area contributed by atoms with Crippen LogP contribution in [0.15, 0.2) is 84.3 Å². The first-order valence-corrected chi connectivity index (χ1v) is 11.6. The van der Waals surface area contributed by atoms with Gasteiger partial charge in [0.25, 0.3) is 10.0 Å². The lowest BCUT2D eigenvalue weighted by atomic mass is 10.0. The molecule has 0 saturated carbocycles. The van der Waals surface area contributed by atoms with E-state index in [2.05, 4.69) is 15.1 Å². The van der Waals surface area contributed by atoms with E-state index in [1.165, 1.54) is 30.6 Å². The van der Waals surface area contributed by atoms with E-state index in [1.54, 1.807) is 12.4 Å². The summed E-state index contributed by atoms with van der Waals surface area (Å²) in [6.45, 7) is 0. The molecule has 5 rings (SSSR count). The van der Waals surface area contributed by atoms with Crippen LogP contribution in [-0.4, -0.2) is 41.7 Å². The van der Waals surface area contributed by atoms with Crippen molar-refractivity contribution in [1.82, 2.24) is 19.2 Å². The van der Waals surface area contributed by atoms with Gasteiger partial charge in [0.2, 0.25) is 0 Å². The van der Waals surface area contributed by atoms with Gasteiger partial charge in [-0.3, -0.25) is 0 Å². The quantitative estimate of drug-likeness (QED) is 0.416. The Bertz CT molecular complexity index is 1570. The number of anilines is 1. The zero-order valence-electron chi connectivity index (χ0n) is 17.9. The number of fused-ring (bicyclic) bond motifs is 1. The van der Waals surface area contributed by atoms with Crippen LogP contribution in [0.2, 0.25) is 0 Å². The van der Waals surface area contributed by atoms with Crippen LogP contribution < -0.4 is 4.90 Å². The second kappa shape index (κ2) is 7.86. The highest BCUT2D eigenvalue weighted by Gasteiger charge is 2.23. The Morgan fingerprint density at radius 2 is 1.73 bits per heavy atom. The maximum absolute atomic E-state index is 14.1. The molecule has 0 radical (unpaired) electrons. The summed E-state index contributed by atoms with van der Waals surface area (Å²) in [5.74, 6) is -0.823. The summed E-state index contributed by atoms with van der Waals surface area (Å²) in [4.78, 5) is 9.23. The van der Waals surface area contributed by atoms with E-state index in [-0.39, 0.29) is 0 Å². The number of benzene rings is 2. The van der Waals surface area contributed by atoms with Crippen LogP contribution in [0.1, 0.15) is 0 Å². The summed E-state index contributed by atoms with van der Waals surface area (Å²) in [6.07, 6.45) is 6.37. The predicted octanol–water partition coefficient (Wildman–Crippen LogP) is 4.54. The van der Waals surface area contributed by atoms with E-state index < -0.39 is 20.7 Å². The number of hydrogen-bond acceptors (Lipinski definition) is 5. The van der Waals surface area contributed by atoms with Gasteiger partial charge in [0.05, 0.1) is 12.4 Å². The van der Waals surface area contributed by atoms with Gasteiger partial charge in [-0.1, -0.05) is 24.3 Å². The minimum absolute atomic E-state index is 0.427. The number of H-pyrrole nitrogens is 1. The average molecular weight is 462 g/mol. The van der Waals surface area contributed by atoms with Gasteiger partial charge >= 0.3 is 0 Å². The number of aromatic nitrogens is 4. The van der Waals surface area contributed by atoms with E-state index >= 15 is 0 Å². The molecule has 7 nitrogen and oxygen atoms in total. The highest BCUT2D eigenvalue weighted by Crippen LogP contribution is 2.32. The molecule has 9 heteroatoms. The third-order valence-corrected chi connectivity index (χ3v) is 7.06. The fourth-order valence-corrected chi connectivity index (χ4v) is 4.87. The number of nitrogens with one attached hydrogen (secondary N) is 1. The van der Waals surface area contributed by atoms with Crippen LogP contribution in [0.4, 0.5) is 10.1 Å². The SMILES string of the molecule is CN(C)c1ccc(-c2cnc3[nH]cc(-c4cnn(S(=O)(=O)c5ccccc5F)c4)c3c2)cc1. The van der Waals surface area contributed by atoms with Crippen molar-refractivity contribution in [2.45, 2.75) is 4.90 Å². The maximum Gasteiger partial charge on any atom is 0.285 e. The van der Waals surface area contributed by atoms with Gasteiger partial charge in [0.15, 0.2) is 0 Å². The molecule has 1 N–H and O–H groups in total. The third-order valence-electron chi connectivity index (χ3n) is 5.48. The van der Waals surface area contributed by atoms with Gasteiger partial charge in [0.1, 0.15) is 16.4 Å². The molecular weight excluding hydrogens is 441 g/mol. The second-order valence-electron chi connectivity index (χ2n) is 7.80. The lowest BCUT2D eigenvalue weighted by molar-refractivity contribution is 0.556. The highest BCUT2D eigenvalue weighted by atomic mass is 32.2. The number of hydrogen-bond donors (Lipinski definition) is 1. The molecule has 166 valence electrons. The van der Waals surface area contributed by atoms with Crippen molar-refractivity contribution in [3.8, 4) is 22.3 Å². The van der Waals surface area contributed by atoms with Gasteiger partial charge in [-0.05, 0) is 35.9 Å². The van der Waals surface area contributed by atoms with E-state index in [0.29, 0.717) is 11.2 Å². The molecular formula is C24H20FN5O2S. The van der Waals surface area contributed by atoms with Gasteiger partial charge in [-0.25, -0.2) is 9.37 Å². The molecule has 33 heavy (non-hydrogen) atoms. The summed E-state index contributed by atoms with van der Waals surface area (Å²) in [5, 5.41) is 4.82. The number of rotatable bonds is 5. The zero-order chi connectivity index (χ0) is 23.2. The smallest absolute Gasteiger partial charge is 0.285 e. The lowest BCUT2D eigenvalue weighted by Gasteiger charge is -2.12. The van der Waals surface area contributed by atoms with Crippen LogP contribution in [0.3, 0.4) is 0 Å². The largest absolute Gasteiger partial charge is 0.378 e. The van der Waals surface area contributed by atoms with E-state index in [0.717, 1.165) is 37.9 Å². The fourth-order valence-electron chi connectivity index (χ4n) is 3.68. The van der Waals surface area contributed by atoms with Crippen LogP contribution in [-0.2, 0) is 10.0 Å². The average Bonchev–Trinajstić information content (AvgIpc) is 3.46. The molecule has 3 heterocycles. The zero-order valence-corrected chi connectivity index (χ0v) is 18.7. The second-order valence-corrected chi connectivity index (χ2v) is 9.56. The molecule has 0 aliphatic carbocycles. The fraction of sp³-hybridized carbons (Fsp3) is 0.0833. The molecule has 0 atom stereocenters. The molecule has 0 spiro atoms. The molecule has 0 aliphatic heterocycles. The minimum atomic E-state index is -4.15. The number of nitrogens with zero attached hydrogens (tertiary/aromatic N) is 4. The molecule has 0 amide bonds. The van der Waals surface area contributed by atoms with Gasteiger partial charge in [-0.15, -0.1) is 0 Å². The summed E-state index contributed by atoms with van der Waals surface area (Å²) >= 11 is 0. The minimum Gasteiger partial charge on any atom is -0.378 e. The molecule has 0 saturated heterocycles. The van der Waals surface area contributed by atoms with Crippen LogP contribution in [0, 0.1) is 5.82 Å². The third kappa shape index (κ3) is 3.66. The molecule has 0 bridgehead atoms. The molecule has 2 aromatic carbocycles. The summed E-state index contributed by atoms with van der Waals surface area (Å²) in [7, 11) is -0.180. The van der Waals surface area contributed by atoms with Crippen molar-refractivity contribution in [2.24, 2.45) is 0 Å². The van der Waals surface area contributed by atoms with E-state index in [4.69, 9.17) is 0 Å². The van der Waals surface area contributed by atoms with Gasteiger partial charge in [-0.2, -0.15) is 17.6 Å². The Kier molecular flexibility index (Phi) is 4.98. The topological polar surface area (TPSA) is 83.9 Å². The summed E-state index contributed by atoms with van der Waals surface area (Å²) < 4.78 is 40.6. The summed E-state index contributed by atoms with van der Waals surface area (Å²) in [6, 6.07) is 15.4. The lowest BCUT2D eigenvalue weighted by Crippen LogP contribution is -2.14. The van der Waals surface area contributed by atoms with Crippen LogP contribution in [0.25, 0.3) is 33.3 Å². The first kappa shape index (κ1) is 20.9. The Morgan fingerprint density at radius 1 is 0.970 bits per heavy atom. The Labute approximate surface area is 190 Å². The van der Waals surface area contributed by atoms with Gasteiger partial charge in [0, 0.05) is 54.3 Å². The van der Waals surface area contributed by atoms with E-state index in [1.807, 2.05) is 49.3 Å². The first-order chi connectivity index (χ1) is 15.8. The van der Waals surface area contributed by atoms with Crippen LogP contribution >= 0.6 is 0 Å². The first-order valence-electron chi connectivity index (χ1n) is 10.1. The summed E-state index contributed by atoms with van der Waals surface area (Å²) in [5.41, 5.74) is 5.03. The number of pyridine rings is 1. The molecule has 3 aromatic heterocycles. The number of aromatic amines is 1. The Morgan fingerprint density at radius 3 is 2.45 bits per heavy atom. The maximum atomic E-state index is 14.1. The van der Waals surface area contributed by atoms with Crippen molar-refractivity contribution < 1.29 is 12.8 Å². The Balaban J connectivity index is 1.54. The van der Waals surface area contributed by atoms with Gasteiger partial charge < -0.3 is 9.88 Å². The predicted molar refractivity (Wildman–Crippen MR) is 126 cm³/mol. The number of halogens is 1. The van der Waals surface area contributed by atoms with Crippen molar-refractivity contribution in [3.63, 3.8) is 0 Å².